The molecular formula is C20H19ClN4O2. The molecule has 3 rings (SSSR count). The maximum Gasteiger partial charge on any atom is 0.229 e. The van der Waals surface area contributed by atoms with Gasteiger partial charge in [0.1, 0.15) is 5.75 Å². The van der Waals surface area contributed by atoms with Crippen LogP contribution in [0.15, 0.2) is 60.7 Å². The fraction of sp³-hybridized carbons (Fsp3) is 0.150. The molecule has 0 aliphatic carbocycles. The van der Waals surface area contributed by atoms with Gasteiger partial charge >= 0.3 is 0 Å². The van der Waals surface area contributed by atoms with Crippen LogP contribution >= 0.6 is 11.6 Å². The number of anilines is 3. The van der Waals surface area contributed by atoms with E-state index in [2.05, 4.69) is 20.8 Å². The summed E-state index contributed by atoms with van der Waals surface area (Å²) in [4.78, 5) is 12.1. The molecular weight excluding hydrogens is 364 g/mol. The summed E-state index contributed by atoms with van der Waals surface area (Å²) in [5, 5.41) is 14.7. The van der Waals surface area contributed by atoms with E-state index in [0.717, 1.165) is 17.0 Å². The molecule has 3 aromatic rings. The molecule has 0 atom stereocenters. The van der Waals surface area contributed by atoms with Crippen LogP contribution in [0.5, 0.6) is 5.75 Å². The highest BCUT2D eigenvalue weighted by atomic mass is 35.5. The van der Waals surface area contributed by atoms with Gasteiger partial charge in [0.05, 0.1) is 18.7 Å². The van der Waals surface area contributed by atoms with Crippen LogP contribution in [0.4, 0.5) is 17.3 Å². The number of carbonyl (C=O) groups is 1. The van der Waals surface area contributed by atoms with Crippen molar-refractivity contribution in [3.63, 3.8) is 0 Å². The molecule has 1 aromatic heterocycles. The summed E-state index contributed by atoms with van der Waals surface area (Å²) in [5.41, 5.74) is 1.67. The summed E-state index contributed by atoms with van der Waals surface area (Å²) >= 11 is 5.85. The van der Waals surface area contributed by atoms with Gasteiger partial charge in [0, 0.05) is 5.02 Å². The molecule has 6 nitrogen and oxygen atoms in total. The zero-order valence-electron chi connectivity index (χ0n) is 14.8. The van der Waals surface area contributed by atoms with Crippen LogP contribution in [0.2, 0.25) is 5.02 Å². The lowest BCUT2D eigenvalue weighted by Gasteiger charge is -2.11. The van der Waals surface area contributed by atoms with E-state index in [4.69, 9.17) is 16.3 Å². The predicted octanol–water partition coefficient (Wildman–Crippen LogP) is 4.45. The van der Waals surface area contributed by atoms with Crippen molar-refractivity contribution in [2.24, 2.45) is 0 Å². The minimum atomic E-state index is -0.172. The summed E-state index contributed by atoms with van der Waals surface area (Å²) in [7, 11) is 0. The standard InChI is InChI=1S/C20H19ClN4O2/c1-2-27-17-6-4-3-5-16(17)22-18-11-12-19(25-24-18)23-20(26)13-14-7-9-15(21)10-8-14/h3-12H,2,13H2,1H3,(H,22,24)(H,23,25,26). The molecule has 0 saturated carbocycles. The van der Waals surface area contributed by atoms with Crippen molar-refractivity contribution in [3.8, 4) is 5.75 Å². The van der Waals surface area contributed by atoms with Crippen LogP contribution in [-0.2, 0) is 11.2 Å². The molecule has 0 bridgehead atoms. The molecule has 0 unspecified atom stereocenters. The number of benzene rings is 2. The van der Waals surface area contributed by atoms with E-state index in [9.17, 15) is 4.79 Å². The molecule has 27 heavy (non-hydrogen) atoms. The lowest BCUT2D eigenvalue weighted by Crippen LogP contribution is -2.15. The van der Waals surface area contributed by atoms with Crippen LogP contribution in [0.25, 0.3) is 0 Å². The fourth-order valence-corrected chi connectivity index (χ4v) is 2.56. The molecule has 2 N–H and O–H groups in total. The van der Waals surface area contributed by atoms with Crippen LogP contribution in [-0.4, -0.2) is 22.7 Å². The molecule has 1 amide bonds. The Morgan fingerprint density at radius 3 is 2.41 bits per heavy atom. The summed E-state index contributed by atoms with van der Waals surface area (Å²) in [5.74, 6) is 1.51. The molecule has 0 fully saturated rings. The quantitative estimate of drug-likeness (QED) is 0.631. The van der Waals surface area contributed by atoms with Crippen molar-refractivity contribution in [2.45, 2.75) is 13.3 Å². The average molecular weight is 383 g/mol. The lowest BCUT2D eigenvalue weighted by molar-refractivity contribution is -0.115. The number of aromatic nitrogens is 2. The first-order valence-corrected chi connectivity index (χ1v) is 8.88. The second-order valence-corrected chi connectivity index (χ2v) is 6.15. The number of rotatable bonds is 7. The topological polar surface area (TPSA) is 76.1 Å². The molecule has 2 aromatic carbocycles. The average Bonchev–Trinajstić information content (AvgIpc) is 2.67. The lowest BCUT2D eigenvalue weighted by atomic mass is 10.1. The summed E-state index contributed by atoms with van der Waals surface area (Å²) in [6, 6.07) is 18.2. The van der Waals surface area contributed by atoms with Crippen molar-refractivity contribution in [1.82, 2.24) is 10.2 Å². The number of halogens is 1. The minimum Gasteiger partial charge on any atom is -0.492 e. The normalized spacial score (nSPS) is 10.3. The Morgan fingerprint density at radius 2 is 1.70 bits per heavy atom. The van der Waals surface area contributed by atoms with Gasteiger partial charge in [-0.05, 0) is 48.9 Å². The smallest absolute Gasteiger partial charge is 0.229 e. The van der Waals surface area contributed by atoms with E-state index in [1.54, 1.807) is 24.3 Å². The third-order valence-corrected chi connectivity index (χ3v) is 3.91. The van der Waals surface area contributed by atoms with E-state index in [1.165, 1.54) is 0 Å². The molecule has 0 aliphatic heterocycles. The maximum absolute atomic E-state index is 12.1. The molecule has 0 aliphatic rings. The van der Waals surface area contributed by atoms with Crippen LogP contribution in [0.1, 0.15) is 12.5 Å². The van der Waals surface area contributed by atoms with E-state index in [-0.39, 0.29) is 12.3 Å². The number of hydrogen-bond acceptors (Lipinski definition) is 5. The van der Waals surface area contributed by atoms with Crippen molar-refractivity contribution in [1.29, 1.82) is 0 Å². The summed E-state index contributed by atoms with van der Waals surface area (Å²) < 4.78 is 5.57. The minimum absolute atomic E-state index is 0.172. The van der Waals surface area contributed by atoms with Crippen molar-refractivity contribution >= 4 is 34.8 Å². The predicted molar refractivity (Wildman–Crippen MR) is 107 cm³/mol. The van der Waals surface area contributed by atoms with Gasteiger partial charge < -0.3 is 15.4 Å². The second kappa shape index (κ2) is 9.00. The van der Waals surface area contributed by atoms with Crippen LogP contribution < -0.4 is 15.4 Å². The molecule has 1 heterocycles. The Morgan fingerprint density at radius 1 is 1.00 bits per heavy atom. The van der Waals surface area contributed by atoms with Crippen molar-refractivity contribution in [2.75, 3.05) is 17.2 Å². The summed E-state index contributed by atoms with van der Waals surface area (Å²) in [6.45, 7) is 2.50. The number of ether oxygens (including phenoxy) is 1. The van der Waals surface area contributed by atoms with Gasteiger partial charge in [0.15, 0.2) is 11.6 Å². The van der Waals surface area contributed by atoms with E-state index in [0.29, 0.717) is 23.3 Å². The largest absolute Gasteiger partial charge is 0.492 e. The van der Waals surface area contributed by atoms with Crippen molar-refractivity contribution < 1.29 is 9.53 Å². The third kappa shape index (κ3) is 5.43. The van der Waals surface area contributed by atoms with Gasteiger partial charge in [-0.3, -0.25) is 4.79 Å². The Labute approximate surface area is 162 Å². The molecule has 0 saturated heterocycles. The van der Waals surface area contributed by atoms with Crippen molar-refractivity contribution in [3.05, 3.63) is 71.2 Å². The van der Waals surface area contributed by atoms with Gasteiger partial charge in [-0.2, -0.15) is 0 Å². The van der Waals surface area contributed by atoms with Crippen LogP contribution in [0, 0.1) is 0 Å². The van der Waals surface area contributed by atoms with Gasteiger partial charge in [-0.1, -0.05) is 35.9 Å². The molecule has 0 spiro atoms. The van der Waals surface area contributed by atoms with E-state index >= 15 is 0 Å². The molecule has 138 valence electrons. The third-order valence-electron chi connectivity index (χ3n) is 3.66. The zero-order chi connectivity index (χ0) is 19.1. The zero-order valence-corrected chi connectivity index (χ0v) is 15.5. The van der Waals surface area contributed by atoms with Gasteiger partial charge in [0.2, 0.25) is 5.91 Å². The first-order chi connectivity index (χ1) is 13.1. The molecule has 0 radical (unpaired) electrons. The van der Waals surface area contributed by atoms with Gasteiger partial charge in [-0.15, -0.1) is 10.2 Å². The SMILES string of the molecule is CCOc1ccccc1Nc1ccc(NC(=O)Cc2ccc(Cl)cc2)nn1. The highest BCUT2D eigenvalue weighted by molar-refractivity contribution is 6.30. The maximum atomic E-state index is 12.1. The summed E-state index contributed by atoms with van der Waals surface area (Å²) in [6.07, 6.45) is 0.237. The highest BCUT2D eigenvalue weighted by Gasteiger charge is 2.07. The Balaban J connectivity index is 1.60. The number of nitrogens with zero attached hydrogens (tertiary/aromatic N) is 2. The Hall–Kier alpha value is -3.12. The Kier molecular flexibility index (Phi) is 6.22. The van der Waals surface area contributed by atoms with E-state index in [1.807, 2.05) is 43.3 Å². The number of carbonyl (C=O) groups excluding carboxylic acids is 1. The first kappa shape index (κ1) is 18.7. The Bertz CT molecular complexity index is 899. The monoisotopic (exact) mass is 382 g/mol. The van der Waals surface area contributed by atoms with Crippen LogP contribution in [0.3, 0.4) is 0 Å². The fourth-order valence-electron chi connectivity index (χ4n) is 2.43. The number of nitrogens with one attached hydrogen (secondary N) is 2. The highest BCUT2D eigenvalue weighted by Crippen LogP contribution is 2.26. The molecule has 7 heteroatoms. The first-order valence-electron chi connectivity index (χ1n) is 8.51. The number of hydrogen-bond donors (Lipinski definition) is 2. The number of para-hydroxylation sites is 2. The van der Waals surface area contributed by atoms with Gasteiger partial charge in [0.25, 0.3) is 0 Å². The van der Waals surface area contributed by atoms with E-state index < -0.39 is 0 Å². The van der Waals surface area contributed by atoms with Gasteiger partial charge in [-0.25, -0.2) is 0 Å². The second-order valence-electron chi connectivity index (χ2n) is 5.71. The number of amides is 1.